The normalized spacial score (nSPS) is 9.79. The Hall–Kier alpha value is -1.65. The predicted octanol–water partition coefficient (Wildman–Crippen LogP) is -1.08. The van der Waals surface area contributed by atoms with E-state index in [4.69, 9.17) is 17.3 Å². The van der Waals surface area contributed by atoms with Crippen LogP contribution in [0.2, 0.25) is 5.02 Å². The largest absolute Gasteiger partial charge is 1.00 e. The number of benzene rings is 1. The van der Waals surface area contributed by atoms with Gasteiger partial charge in [-0.1, -0.05) is 17.7 Å². The Morgan fingerprint density at radius 3 is 2.68 bits per heavy atom. The summed E-state index contributed by atoms with van der Waals surface area (Å²) in [5.41, 5.74) is 5.93. The summed E-state index contributed by atoms with van der Waals surface area (Å²) in [6, 6.07) is 7.79. The topological polar surface area (TPSA) is 47.0 Å². The lowest BCUT2D eigenvalue weighted by Crippen LogP contribution is -3.00. The van der Waals surface area contributed by atoms with Crippen LogP contribution in [0.1, 0.15) is 15.9 Å². The highest BCUT2D eigenvalue weighted by atomic mass is 35.5. The van der Waals surface area contributed by atoms with E-state index in [0.717, 1.165) is 0 Å². The van der Waals surface area contributed by atoms with Gasteiger partial charge in [0.2, 0.25) is 0 Å². The number of hydrogen-bond donors (Lipinski definition) is 1. The molecule has 2 aromatic rings. The summed E-state index contributed by atoms with van der Waals surface area (Å²) < 4.78 is 15.3. The van der Waals surface area contributed by atoms with Gasteiger partial charge in [-0.3, -0.25) is 4.79 Å². The summed E-state index contributed by atoms with van der Waals surface area (Å²) in [5, 5.41) is 0.354. The van der Waals surface area contributed by atoms with Crippen LogP contribution in [-0.4, -0.2) is 5.91 Å². The smallest absolute Gasteiger partial charge is 0.254 e. The number of pyridine rings is 1. The van der Waals surface area contributed by atoms with Gasteiger partial charge in [0.25, 0.3) is 5.91 Å². The Morgan fingerprint density at radius 1 is 1.32 bits per heavy atom. The molecule has 0 saturated carbocycles. The molecule has 6 heteroatoms. The zero-order valence-corrected chi connectivity index (χ0v) is 11.3. The number of nitrogens with zero attached hydrogens (tertiary/aromatic N) is 1. The van der Waals surface area contributed by atoms with Crippen LogP contribution in [0.25, 0.3) is 0 Å². The zero-order valence-electron chi connectivity index (χ0n) is 9.82. The molecule has 2 rings (SSSR count). The number of nitrogens with two attached hydrogens (primary N) is 1. The Balaban J connectivity index is 0.00000180. The molecule has 0 spiro atoms. The first-order chi connectivity index (χ1) is 8.58. The molecule has 0 radical (unpaired) electrons. The molecule has 100 valence electrons. The van der Waals surface area contributed by atoms with E-state index in [1.165, 1.54) is 6.07 Å². The van der Waals surface area contributed by atoms with Crippen molar-refractivity contribution in [1.29, 1.82) is 0 Å². The minimum atomic E-state index is -0.524. The molecule has 1 aromatic carbocycles. The SMILES string of the molecule is NC(=O)c1ccc[n+](Cc2c(F)cccc2Cl)c1.[Cl-]. The van der Waals surface area contributed by atoms with Crippen LogP contribution in [0.5, 0.6) is 0 Å². The maximum absolute atomic E-state index is 13.6. The van der Waals surface area contributed by atoms with E-state index in [0.29, 0.717) is 16.1 Å². The Labute approximate surface area is 121 Å². The molecule has 0 saturated heterocycles. The second-order valence-electron chi connectivity index (χ2n) is 3.83. The van der Waals surface area contributed by atoms with E-state index >= 15 is 0 Å². The van der Waals surface area contributed by atoms with Crippen molar-refractivity contribution in [3.05, 3.63) is 64.7 Å². The number of primary amides is 1. The van der Waals surface area contributed by atoms with Crippen molar-refractivity contribution >= 4 is 17.5 Å². The summed E-state index contributed by atoms with van der Waals surface area (Å²) in [4.78, 5) is 11.0. The monoisotopic (exact) mass is 300 g/mol. The van der Waals surface area contributed by atoms with E-state index in [9.17, 15) is 9.18 Å². The Bertz CT molecular complexity index is 585. The van der Waals surface area contributed by atoms with Gasteiger partial charge in [0, 0.05) is 6.07 Å². The van der Waals surface area contributed by atoms with Crippen LogP contribution < -0.4 is 22.7 Å². The van der Waals surface area contributed by atoms with Gasteiger partial charge in [0.15, 0.2) is 18.9 Å². The molecule has 1 heterocycles. The van der Waals surface area contributed by atoms with Gasteiger partial charge in [-0.25, -0.2) is 4.39 Å². The maximum Gasteiger partial charge on any atom is 0.254 e. The first-order valence-corrected chi connectivity index (χ1v) is 5.67. The first kappa shape index (κ1) is 15.4. The van der Waals surface area contributed by atoms with E-state index in [2.05, 4.69) is 0 Å². The summed E-state index contributed by atoms with van der Waals surface area (Å²) in [6.45, 7) is 0.243. The lowest BCUT2D eigenvalue weighted by atomic mass is 10.2. The standard InChI is InChI=1S/C13H10ClFN2O.ClH/c14-11-4-1-5-12(15)10(11)8-17-6-2-3-9(7-17)13(16)18;/h1-7H,8H2,(H-,16,18);1H. The molecule has 19 heavy (non-hydrogen) atoms. The maximum atomic E-state index is 13.6. The molecular formula is C13H11Cl2FN2O. The highest BCUT2D eigenvalue weighted by Gasteiger charge is 2.13. The van der Waals surface area contributed by atoms with Crippen LogP contribution in [0.4, 0.5) is 4.39 Å². The van der Waals surface area contributed by atoms with Crippen molar-refractivity contribution < 1.29 is 26.2 Å². The molecule has 0 aliphatic rings. The quantitative estimate of drug-likeness (QED) is 0.720. The van der Waals surface area contributed by atoms with Gasteiger partial charge in [0.05, 0.1) is 10.6 Å². The number of hydrogen-bond acceptors (Lipinski definition) is 1. The molecule has 0 atom stereocenters. The van der Waals surface area contributed by atoms with Gasteiger partial charge in [0.1, 0.15) is 11.4 Å². The fraction of sp³-hybridized carbons (Fsp3) is 0.0769. The highest BCUT2D eigenvalue weighted by molar-refractivity contribution is 6.31. The minimum absolute atomic E-state index is 0. The third-order valence-electron chi connectivity index (χ3n) is 2.55. The third-order valence-corrected chi connectivity index (χ3v) is 2.90. The van der Waals surface area contributed by atoms with E-state index < -0.39 is 5.91 Å². The molecule has 0 aliphatic carbocycles. The molecule has 1 amide bonds. The third kappa shape index (κ3) is 3.66. The minimum Gasteiger partial charge on any atom is -1.00 e. The summed E-state index contributed by atoms with van der Waals surface area (Å²) >= 11 is 5.94. The lowest BCUT2D eigenvalue weighted by molar-refractivity contribution is -0.688. The number of carbonyl (C=O) groups excluding carboxylic acids is 1. The van der Waals surface area contributed by atoms with Crippen LogP contribution in [0.15, 0.2) is 42.7 Å². The fourth-order valence-corrected chi connectivity index (χ4v) is 1.85. The fourth-order valence-electron chi connectivity index (χ4n) is 1.63. The van der Waals surface area contributed by atoms with Crippen molar-refractivity contribution in [2.45, 2.75) is 6.54 Å². The molecule has 3 nitrogen and oxygen atoms in total. The van der Waals surface area contributed by atoms with Crippen LogP contribution in [0.3, 0.4) is 0 Å². The number of carbonyl (C=O) groups is 1. The summed E-state index contributed by atoms with van der Waals surface area (Å²) in [6.07, 6.45) is 3.28. The van der Waals surface area contributed by atoms with Crippen molar-refractivity contribution in [2.24, 2.45) is 5.73 Å². The second-order valence-corrected chi connectivity index (χ2v) is 4.24. The highest BCUT2D eigenvalue weighted by Crippen LogP contribution is 2.18. The molecule has 0 unspecified atom stereocenters. The van der Waals surface area contributed by atoms with Gasteiger partial charge in [-0.15, -0.1) is 0 Å². The van der Waals surface area contributed by atoms with Gasteiger partial charge in [-0.2, -0.15) is 4.57 Å². The van der Waals surface area contributed by atoms with Crippen molar-refractivity contribution in [2.75, 3.05) is 0 Å². The number of amides is 1. The van der Waals surface area contributed by atoms with Crippen molar-refractivity contribution in [3.8, 4) is 0 Å². The first-order valence-electron chi connectivity index (χ1n) is 5.29. The van der Waals surface area contributed by atoms with Crippen LogP contribution in [0, 0.1) is 5.82 Å². The van der Waals surface area contributed by atoms with Crippen molar-refractivity contribution in [1.82, 2.24) is 0 Å². The molecule has 0 aliphatic heterocycles. The van der Waals surface area contributed by atoms with E-state index in [-0.39, 0.29) is 24.8 Å². The summed E-state index contributed by atoms with van der Waals surface area (Å²) in [5.74, 6) is -0.900. The van der Waals surface area contributed by atoms with Gasteiger partial charge in [-0.05, 0) is 18.2 Å². The van der Waals surface area contributed by atoms with E-state index in [1.807, 2.05) is 0 Å². The molecule has 2 N–H and O–H groups in total. The van der Waals surface area contributed by atoms with E-state index in [1.54, 1.807) is 41.2 Å². The number of aromatic nitrogens is 1. The van der Waals surface area contributed by atoms with Crippen LogP contribution >= 0.6 is 11.6 Å². The average molecular weight is 301 g/mol. The number of rotatable bonds is 3. The van der Waals surface area contributed by atoms with Crippen molar-refractivity contribution in [3.63, 3.8) is 0 Å². The number of halogens is 3. The second kappa shape index (κ2) is 6.50. The van der Waals surface area contributed by atoms with Crippen LogP contribution in [-0.2, 0) is 6.54 Å². The lowest BCUT2D eigenvalue weighted by Gasteiger charge is -2.03. The summed E-state index contributed by atoms with van der Waals surface area (Å²) in [7, 11) is 0. The van der Waals surface area contributed by atoms with Gasteiger partial charge >= 0.3 is 0 Å². The molecule has 0 bridgehead atoms. The zero-order chi connectivity index (χ0) is 13.1. The Kier molecular flexibility index (Phi) is 5.27. The average Bonchev–Trinajstić information content (AvgIpc) is 2.34. The molecular weight excluding hydrogens is 290 g/mol. The molecule has 0 fully saturated rings. The Morgan fingerprint density at radius 2 is 2.05 bits per heavy atom. The predicted molar refractivity (Wildman–Crippen MR) is 65.7 cm³/mol. The molecule has 1 aromatic heterocycles. The van der Waals surface area contributed by atoms with Gasteiger partial charge < -0.3 is 18.1 Å².